The SMILES string of the molecule is C/C=C\C(=C/C)COC(=O)C(N)CCCCNC(=O)OC(C)(C)C.CC.CC. The van der Waals surface area contributed by atoms with Crippen molar-refractivity contribution in [1.29, 1.82) is 0 Å². The maximum Gasteiger partial charge on any atom is 0.407 e. The van der Waals surface area contributed by atoms with E-state index in [2.05, 4.69) is 5.32 Å². The number of allylic oxidation sites excluding steroid dienone is 2. The van der Waals surface area contributed by atoms with Crippen molar-refractivity contribution >= 4 is 12.1 Å². The van der Waals surface area contributed by atoms with Gasteiger partial charge in [-0.15, -0.1) is 0 Å². The van der Waals surface area contributed by atoms with E-state index in [0.717, 1.165) is 18.4 Å². The van der Waals surface area contributed by atoms with Crippen LogP contribution in [-0.4, -0.2) is 36.9 Å². The molecule has 0 aliphatic heterocycles. The summed E-state index contributed by atoms with van der Waals surface area (Å²) in [7, 11) is 0. The number of nitrogens with one attached hydrogen (secondary N) is 1. The summed E-state index contributed by atoms with van der Waals surface area (Å²) < 4.78 is 10.3. The zero-order chi connectivity index (χ0) is 22.6. The van der Waals surface area contributed by atoms with Crippen LogP contribution in [0.2, 0.25) is 0 Å². The number of nitrogens with two attached hydrogens (primary N) is 1. The standard InChI is InChI=1S/C18H32N2O4.2C2H6/c1-6-10-14(7-2)13-23-16(21)15(19)11-8-9-12-20-17(22)24-18(3,4)5;2*1-2/h6-7,10,15H,8-9,11-13,19H2,1-5H3,(H,20,22);2*1-2H3/b10-6-,14-7+;;. The smallest absolute Gasteiger partial charge is 0.407 e. The molecule has 1 amide bonds. The Hall–Kier alpha value is -1.82. The molecule has 1 unspecified atom stereocenters. The minimum atomic E-state index is -0.643. The number of esters is 1. The number of unbranched alkanes of at least 4 members (excludes halogenated alkanes) is 1. The predicted octanol–water partition coefficient (Wildman–Crippen LogP) is 5.13. The van der Waals surface area contributed by atoms with Crippen LogP contribution in [0.4, 0.5) is 4.79 Å². The number of hydrogen-bond acceptors (Lipinski definition) is 5. The van der Waals surface area contributed by atoms with Crippen LogP contribution in [0.15, 0.2) is 23.8 Å². The normalized spacial score (nSPS) is 12.1. The first kappa shape index (κ1) is 30.9. The molecule has 0 aliphatic carbocycles. The van der Waals surface area contributed by atoms with Crippen LogP contribution in [-0.2, 0) is 14.3 Å². The molecule has 0 aromatic carbocycles. The summed E-state index contributed by atoms with van der Waals surface area (Å²) in [5, 5.41) is 2.67. The average molecular weight is 401 g/mol. The topological polar surface area (TPSA) is 90.6 Å². The largest absolute Gasteiger partial charge is 0.460 e. The Labute approximate surface area is 172 Å². The van der Waals surface area contributed by atoms with Crippen LogP contribution in [0, 0.1) is 0 Å². The Kier molecular flexibility index (Phi) is 22.0. The summed E-state index contributed by atoms with van der Waals surface area (Å²) in [4.78, 5) is 23.3. The molecule has 0 radical (unpaired) electrons. The lowest BCUT2D eigenvalue weighted by Gasteiger charge is -2.19. The monoisotopic (exact) mass is 400 g/mol. The third kappa shape index (κ3) is 20.5. The fraction of sp³-hybridized carbons (Fsp3) is 0.727. The quantitative estimate of drug-likeness (QED) is 0.318. The number of ether oxygens (including phenoxy) is 2. The van der Waals surface area contributed by atoms with Crippen LogP contribution in [0.3, 0.4) is 0 Å². The maximum absolute atomic E-state index is 11.8. The van der Waals surface area contributed by atoms with Gasteiger partial charge >= 0.3 is 12.1 Å². The van der Waals surface area contributed by atoms with Crippen LogP contribution in [0.5, 0.6) is 0 Å². The second-order valence-electron chi connectivity index (χ2n) is 6.50. The molecule has 28 heavy (non-hydrogen) atoms. The maximum atomic E-state index is 11.8. The highest BCUT2D eigenvalue weighted by Gasteiger charge is 2.16. The lowest BCUT2D eigenvalue weighted by atomic mass is 10.1. The minimum absolute atomic E-state index is 0.230. The van der Waals surface area contributed by atoms with Gasteiger partial charge in [0.2, 0.25) is 0 Å². The summed E-state index contributed by atoms with van der Waals surface area (Å²) in [5.41, 5.74) is 6.25. The molecule has 0 aromatic rings. The van der Waals surface area contributed by atoms with Crippen molar-refractivity contribution in [3.05, 3.63) is 23.8 Å². The number of amides is 1. The molecule has 0 bridgehead atoms. The molecule has 166 valence electrons. The zero-order valence-corrected chi connectivity index (χ0v) is 19.6. The van der Waals surface area contributed by atoms with Gasteiger partial charge in [0, 0.05) is 6.54 Å². The fourth-order valence-corrected chi connectivity index (χ4v) is 1.81. The summed E-state index contributed by atoms with van der Waals surface area (Å²) in [6, 6.07) is -0.643. The van der Waals surface area contributed by atoms with Gasteiger partial charge in [-0.05, 0) is 59.5 Å². The number of alkyl carbamates (subject to hydrolysis) is 1. The Morgan fingerprint density at radius 1 is 1.07 bits per heavy atom. The Balaban J connectivity index is -0.00000146. The minimum Gasteiger partial charge on any atom is -0.460 e. The van der Waals surface area contributed by atoms with Crippen molar-refractivity contribution in [3.8, 4) is 0 Å². The van der Waals surface area contributed by atoms with Crippen LogP contribution in [0.25, 0.3) is 0 Å². The van der Waals surface area contributed by atoms with Crippen molar-refractivity contribution in [1.82, 2.24) is 5.32 Å². The van der Waals surface area contributed by atoms with E-state index in [1.165, 1.54) is 0 Å². The number of carbonyl (C=O) groups excluding carboxylic acids is 2. The third-order valence-corrected chi connectivity index (χ3v) is 3.05. The molecule has 0 rings (SSSR count). The van der Waals surface area contributed by atoms with E-state index in [9.17, 15) is 9.59 Å². The number of rotatable bonds is 9. The van der Waals surface area contributed by atoms with Crippen LogP contribution in [0.1, 0.15) is 81.6 Å². The molecule has 0 spiro atoms. The summed E-state index contributed by atoms with van der Waals surface area (Å²) in [5.74, 6) is -0.404. The second-order valence-corrected chi connectivity index (χ2v) is 6.50. The number of carbonyl (C=O) groups is 2. The summed E-state index contributed by atoms with van der Waals surface area (Å²) in [6.45, 7) is 17.9. The van der Waals surface area contributed by atoms with E-state index in [-0.39, 0.29) is 6.61 Å². The van der Waals surface area contributed by atoms with Gasteiger partial charge in [0.1, 0.15) is 18.2 Å². The van der Waals surface area contributed by atoms with Crippen molar-refractivity contribution in [2.45, 2.75) is 93.2 Å². The first-order valence-electron chi connectivity index (χ1n) is 10.4. The lowest BCUT2D eigenvalue weighted by Crippen LogP contribution is -2.34. The van der Waals surface area contributed by atoms with Crippen molar-refractivity contribution in [3.63, 3.8) is 0 Å². The Morgan fingerprint density at radius 2 is 1.64 bits per heavy atom. The molecular formula is C22H44N2O4. The van der Waals surface area contributed by atoms with E-state index < -0.39 is 23.7 Å². The zero-order valence-electron chi connectivity index (χ0n) is 19.6. The average Bonchev–Trinajstić information content (AvgIpc) is 2.66. The van der Waals surface area contributed by atoms with Gasteiger partial charge in [-0.1, -0.05) is 45.9 Å². The van der Waals surface area contributed by atoms with E-state index in [0.29, 0.717) is 13.0 Å². The molecule has 0 fully saturated rings. The van der Waals surface area contributed by atoms with E-state index in [1.54, 1.807) is 0 Å². The molecule has 1 atom stereocenters. The molecule has 0 saturated carbocycles. The second kappa shape index (κ2) is 19.9. The molecule has 6 heteroatoms. The van der Waals surface area contributed by atoms with Gasteiger partial charge in [0.25, 0.3) is 0 Å². The molecular weight excluding hydrogens is 356 g/mol. The first-order chi connectivity index (χ1) is 13.2. The van der Waals surface area contributed by atoms with Gasteiger partial charge in [-0.2, -0.15) is 0 Å². The molecule has 6 nitrogen and oxygen atoms in total. The summed E-state index contributed by atoms with van der Waals surface area (Å²) in [6.07, 6.45) is 7.19. The van der Waals surface area contributed by atoms with E-state index in [1.807, 2.05) is 80.5 Å². The summed E-state index contributed by atoms with van der Waals surface area (Å²) >= 11 is 0. The molecule has 0 heterocycles. The molecule has 0 saturated heterocycles. The molecule has 3 N–H and O–H groups in total. The Morgan fingerprint density at radius 3 is 2.11 bits per heavy atom. The molecule has 0 aromatic heterocycles. The highest BCUT2D eigenvalue weighted by atomic mass is 16.6. The lowest BCUT2D eigenvalue weighted by molar-refractivity contribution is -0.144. The highest BCUT2D eigenvalue weighted by molar-refractivity contribution is 5.75. The van der Waals surface area contributed by atoms with Gasteiger partial charge in [-0.25, -0.2) is 4.79 Å². The van der Waals surface area contributed by atoms with Crippen LogP contribution >= 0.6 is 0 Å². The third-order valence-electron chi connectivity index (χ3n) is 3.05. The molecule has 0 aliphatic rings. The van der Waals surface area contributed by atoms with Gasteiger partial charge in [0.15, 0.2) is 0 Å². The number of hydrogen-bond donors (Lipinski definition) is 2. The van der Waals surface area contributed by atoms with Crippen molar-refractivity contribution in [2.75, 3.05) is 13.2 Å². The van der Waals surface area contributed by atoms with E-state index >= 15 is 0 Å². The van der Waals surface area contributed by atoms with Gasteiger partial charge in [0.05, 0.1) is 0 Å². The van der Waals surface area contributed by atoms with E-state index in [4.69, 9.17) is 15.2 Å². The fourth-order valence-electron chi connectivity index (χ4n) is 1.81. The Bertz CT molecular complexity index is 452. The van der Waals surface area contributed by atoms with Crippen LogP contribution < -0.4 is 11.1 Å². The van der Waals surface area contributed by atoms with Crippen molar-refractivity contribution < 1.29 is 19.1 Å². The highest BCUT2D eigenvalue weighted by Crippen LogP contribution is 2.07. The van der Waals surface area contributed by atoms with Gasteiger partial charge in [-0.3, -0.25) is 4.79 Å². The first-order valence-corrected chi connectivity index (χ1v) is 10.4. The predicted molar refractivity (Wildman–Crippen MR) is 118 cm³/mol. The van der Waals surface area contributed by atoms with Crippen molar-refractivity contribution in [2.24, 2.45) is 5.73 Å². The van der Waals surface area contributed by atoms with Gasteiger partial charge < -0.3 is 20.5 Å².